The molecule has 17 heavy (non-hydrogen) atoms. The number of carbonyl (C=O) groups excluding carboxylic acids is 2. The summed E-state index contributed by atoms with van der Waals surface area (Å²) in [4.78, 5) is 23.1. The number of rotatable bonds is 1. The maximum Gasteiger partial charge on any atom is 0.410 e. The zero-order valence-electron chi connectivity index (χ0n) is 10.2. The van der Waals surface area contributed by atoms with E-state index in [9.17, 15) is 18.4 Å². The van der Waals surface area contributed by atoms with Gasteiger partial charge < -0.3 is 14.4 Å². The van der Waals surface area contributed by atoms with E-state index in [1.165, 1.54) is 0 Å². The monoisotopic (exact) mass is 249 g/mol. The number of piperidine rings is 1. The molecule has 1 saturated heterocycles. The van der Waals surface area contributed by atoms with Gasteiger partial charge in [-0.2, -0.15) is 0 Å². The van der Waals surface area contributed by atoms with E-state index in [2.05, 4.69) is 0 Å². The molecule has 1 heterocycles. The molecule has 0 aromatic rings. The maximum atomic E-state index is 13.3. The predicted octanol–water partition coefficient (Wildman–Crippen LogP) is 2.08. The van der Waals surface area contributed by atoms with Gasteiger partial charge in [0.1, 0.15) is 11.9 Å². The van der Waals surface area contributed by atoms with Crippen molar-refractivity contribution in [3.05, 3.63) is 0 Å². The van der Waals surface area contributed by atoms with E-state index in [0.29, 0.717) is 6.29 Å². The van der Waals surface area contributed by atoms with E-state index in [0.717, 1.165) is 4.90 Å². The number of amides is 1. The summed E-state index contributed by atoms with van der Waals surface area (Å²) < 4.78 is 31.6. The topological polar surface area (TPSA) is 46.6 Å². The number of likely N-dealkylation sites (tertiary alicyclic amines) is 1. The van der Waals surface area contributed by atoms with Crippen LogP contribution in [0.1, 0.15) is 27.2 Å². The standard InChI is InChI=1S/C11H17F2NO3/c1-10(2,3)17-9(16)14-5-8(6-15)4-11(12,13)7-14/h6,8H,4-5,7H2,1-3H3/t8-/m0/s1. The van der Waals surface area contributed by atoms with Gasteiger partial charge in [-0.3, -0.25) is 0 Å². The van der Waals surface area contributed by atoms with Crippen LogP contribution < -0.4 is 0 Å². The van der Waals surface area contributed by atoms with Gasteiger partial charge in [-0.05, 0) is 20.8 Å². The summed E-state index contributed by atoms with van der Waals surface area (Å²) in [6.45, 7) is 4.28. The summed E-state index contributed by atoms with van der Waals surface area (Å²) in [5, 5.41) is 0. The number of alkyl halides is 2. The highest BCUT2D eigenvalue weighted by Crippen LogP contribution is 2.30. The highest BCUT2D eigenvalue weighted by atomic mass is 19.3. The van der Waals surface area contributed by atoms with Gasteiger partial charge in [-0.25, -0.2) is 13.6 Å². The van der Waals surface area contributed by atoms with Crippen molar-refractivity contribution in [1.82, 2.24) is 4.90 Å². The number of hydrogen-bond donors (Lipinski definition) is 0. The van der Waals surface area contributed by atoms with Gasteiger partial charge in [0.2, 0.25) is 0 Å². The molecule has 1 fully saturated rings. The number of hydrogen-bond acceptors (Lipinski definition) is 3. The SMILES string of the molecule is CC(C)(C)OC(=O)N1C[C@@H](C=O)CC(F)(F)C1. The molecule has 0 unspecified atom stereocenters. The first-order valence-electron chi connectivity index (χ1n) is 5.44. The van der Waals surface area contributed by atoms with Gasteiger partial charge in [0.25, 0.3) is 5.92 Å². The van der Waals surface area contributed by atoms with Crippen LogP contribution in [0.5, 0.6) is 0 Å². The molecule has 0 saturated carbocycles. The Morgan fingerprint density at radius 3 is 2.53 bits per heavy atom. The first-order chi connectivity index (χ1) is 7.63. The Morgan fingerprint density at radius 2 is 2.06 bits per heavy atom. The third-order valence-electron chi connectivity index (χ3n) is 2.28. The second-order valence-corrected chi connectivity index (χ2v) is 5.32. The van der Waals surface area contributed by atoms with Crippen molar-refractivity contribution in [3.8, 4) is 0 Å². The molecule has 1 rings (SSSR count). The number of nitrogens with zero attached hydrogens (tertiary/aromatic N) is 1. The molecule has 6 heteroatoms. The number of aldehydes is 1. The molecule has 1 aliphatic rings. The lowest BCUT2D eigenvalue weighted by Gasteiger charge is -2.36. The van der Waals surface area contributed by atoms with Crippen LogP contribution in [0, 0.1) is 5.92 Å². The zero-order chi connectivity index (χ0) is 13.3. The minimum absolute atomic E-state index is 0.00595. The molecule has 0 bridgehead atoms. The molecule has 1 amide bonds. The van der Waals surface area contributed by atoms with Crippen molar-refractivity contribution in [2.24, 2.45) is 5.92 Å². The summed E-state index contributed by atoms with van der Waals surface area (Å²) in [6, 6.07) is 0. The average Bonchev–Trinajstić information content (AvgIpc) is 2.12. The van der Waals surface area contributed by atoms with Gasteiger partial charge in [0, 0.05) is 18.9 Å². The number of ether oxygens (including phenoxy) is 1. The summed E-state index contributed by atoms with van der Waals surface area (Å²) >= 11 is 0. The largest absolute Gasteiger partial charge is 0.444 e. The second-order valence-electron chi connectivity index (χ2n) is 5.32. The minimum atomic E-state index is -3.03. The van der Waals surface area contributed by atoms with Gasteiger partial charge in [-0.1, -0.05) is 0 Å². The van der Waals surface area contributed by atoms with Crippen LogP contribution in [0.2, 0.25) is 0 Å². The Balaban J connectivity index is 2.70. The van der Waals surface area contributed by atoms with E-state index >= 15 is 0 Å². The third-order valence-corrected chi connectivity index (χ3v) is 2.28. The van der Waals surface area contributed by atoms with Crippen LogP contribution in [0.3, 0.4) is 0 Å². The molecule has 0 radical (unpaired) electrons. The van der Waals surface area contributed by atoms with Gasteiger partial charge in [0.15, 0.2) is 0 Å². The lowest BCUT2D eigenvalue weighted by atomic mass is 9.97. The summed E-state index contributed by atoms with van der Waals surface area (Å²) in [5.41, 5.74) is -0.736. The molecule has 0 aromatic heterocycles. The van der Waals surface area contributed by atoms with Crippen LogP contribution in [0.4, 0.5) is 13.6 Å². The highest BCUT2D eigenvalue weighted by Gasteiger charge is 2.43. The summed E-state index contributed by atoms with van der Waals surface area (Å²) in [7, 11) is 0. The Kier molecular flexibility index (Phi) is 3.74. The zero-order valence-corrected chi connectivity index (χ0v) is 10.2. The Morgan fingerprint density at radius 1 is 1.47 bits per heavy atom. The molecule has 1 aliphatic heterocycles. The van der Waals surface area contributed by atoms with Crippen LogP contribution in [-0.2, 0) is 9.53 Å². The lowest BCUT2D eigenvalue weighted by molar-refractivity contribution is -0.123. The highest BCUT2D eigenvalue weighted by molar-refractivity contribution is 5.69. The fraction of sp³-hybridized carbons (Fsp3) is 0.818. The van der Waals surface area contributed by atoms with Crippen molar-refractivity contribution in [3.63, 3.8) is 0 Å². The second kappa shape index (κ2) is 4.58. The Bertz CT molecular complexity index is 312. The first kappa shape index (κ1) is 13.9. The number of halogens is 2. The summed E-state index contributed by atoms with van der Waals surface area (Å²) in [6.07, 6.45) is -0.844. The normalized spacial score (nSPS) is 24.3. The first-order valence-corrected chi connectivity index (χ1v) is 5.44. The molecule has 0 N–H and O–H groups in total. The van der Waals surface area contributed by atoms with Crippen molar-refractivity contribution in [2.75, 3.05) is 13.1 Å². The minimum Gasteiger partial charge on any atom is -0.444 e. The Hall–Kier alpha value is -1.20. The Labute approximate surface area is 98.9 Å². The molecule has 1 atom stereocenters. The average molecular weight is 249 g/mol. The van der Waals surface area contributed by atoms with Crippen LogP contribution in [0.25, 0.3) is 0 Å². The molecule has 0 spiro atoms. The molecule has 0 aromatic carbocycles. The van der Waals surface area contributed by atoms with E-state index in [1.54, 1.807) is 20.8 Å². The van der Waals surface area contributed by atoms with Crippen molar-refractivity contribution < 1.29 is 23.1 Å². The van der Waals surface area contributed by atoms with E-state index in [-0.39, 0.29) is 6.54 Å². The molecule has 98 valence electrons. The van der Waals surface area contributed by atoms with E-state index < -0.39 is 36.5 Å². The molecular formula is C11H17F2NO3. The van der Waals surface area contributed by atoms with Crippen LogP contribution in [-0.4, -0.2) is 41.9 Å². The smallest absolute Gasteiger partial charge is 0.410 e. The third kappa shape index (κ3) is 4.28. The van der Waals surface area contributed by atoms with Crippen molar-refractivity contribution in [1.29, 1.82) is 0 Å². The fourth-order valence-electron chi connectivity index (χ4n) is 1.70. The van der Waals surface area contributed by atoms with Crippen molar-refractivity contribution in [2.45, 2.75) is 38.7 Å². The molecule has 0 aliphatic carbocycles. The van der Waals surface area contributed by atoms with Gasteiger partial charge in [-0.15, -0.1) is 0 Å². The van der Waals surface area contributed by atoms with Gasteiger partial charge >= 0.3 is 6.09 Å². The van der Waals surface area contributed by atoms with Crippen LogP contribution >= 0.6 is 0 Å². The molecule has 4 nitrogen and oxygen atoms in total. The van der Waals surface area contributed by atoms with Crippen LogP contribution in [0.15, 0.2) is 0 Å². The van der Waals surface area contributed by atoms with Gasteiger partial charge in [0.05, 0.1) is 6.54 Å². The maximum absolute atomic E-state index is 13.3. The van der Waals surface area contributed by atoms with Crippen molar-refractivity contribution >= 4 is 12.4 Å². The van der Waals surface area contributed by atoms with E-state index in [4.69, 9.17) is 4.74 Å². The van der Waals surface area contributed by atoms with E-state index in [1.807, 2.05) is 0 Å². The quantitative estimate of drug-likeness (QED) is 0.668. The fourth-order valence-corrected chi connectivity index (χ4v) is 1.70. The molecular weight excluding hydrogens is 232 g/mol. The summed E-state index contributed by atoms with van der Waals surface area (Å²) in [5.74, 6) is -3.85. The predicted molar refractivity (Wildman–Crippen MR) is 56.9 cm³/mol. The lowest BCUT2D eigenvalue weighted by Crippen LogP contribution is -2.51. The number of carbonyl (C=O) groups is 2.